The fourth-order valence-corrected chi connectivity index (χ4v) is 4.23. The van der Waals surface area contributed by atoms with Crippen LogP contribution in [0.2, 0.25) is 0 Å². The fourth-order valence-electron chi connectivity index (χ4n) is 4.23. The molecule has 1 aliphatic rings. The number of hydrogen-bond donors (Lipinski definition) is 1. The van der Waals surface area contributed by atoms with Crippen molar-refractivity contribution in [3.63, 3.8) is 0 Å². The monoisotopic (exact) mass is 517 g/mol. The van der Waals surface area contributed by atoms with Crippen molar-refractivity contribution in [2.75, 3.05) is 19.5 Å². The van der Waals surface area contributed by atoms with E-state index in [9.17, 15) is 9.59 Å². The third-order valence-corrected chi connectivity index (χ3v) is 6.29. The summed E-state index contributed by atoms with van der Waals surface area (Å²) in [6.45, 7) is 3.74. The Hall–Kier alpha value is -4.51. The SMILES string of the molecule is COc1nc(N)nc2c1cnn2[C@H]1C[C@H](OC(=O)c2ccc(C)cc2)[C@@H](COC(=O)c2ccc(C)cc2)O1. The van der Waals surface area contributed by atoms with Gasteiger partial charge in [-0.05, 0) is 38.1 Å². The zero-order valence-corrected chi connectivity index (χ0v) is 21.2. The Morgan fingerprint density at radius 3 is 2.26 bits per heavy atom. The molecule has 3 atom stereocenters. The second kappa shape index (κ2) is 10.5. The van der Waals surface area contributed by atoms with Gasteiger partial charge in [0.05, 0.1) is 24.4 Å². The number of nitrogen functional groups attached to an aromatic ring is 1. The molecule has 11 heteroatoms. The predicted molar refractivity (Wildman–Crippen MR) is 137 cm³/mol. The van der Waals surface area contributed by atoms with Gasteiger partial charge in [0.15, 0.2) is 11.9 Å². The number of esters is 2. The summed E-state index contributed by atoms with van der Waals surface area (Å²) in [5.41, 5.74) is 9.13. The molecule has 38 heavy (non-hydrogen) atoms. The quantitative estimate of drug-likeness (QED) is 0.363. The first-order valence-corrected chi connectivity index (χ1v) is 12.0. The number of hydrogen-bond acceptors (Lipinski definition) is 10. The molecule has 0 radical (unpaired) electrons. The summed E-state index contributed by atoms with van der Waals surface area (Å²) in [6.07, 6.45) is -0.350. The molecule has 3 heterocycles. The maximum atomic E-state index is 12.9. The van der Waals surface area contributed by atoms with E-state index >= 15 is 0 Å². The number of aromatic nitrogens is 4. The molecule has 2 aromatic carbocycles. The van der Waals surface area contributed by atoms with Gasteiger partial charge in [0, 0.05) is 6.42 Å². The number of anilines is 1. The van der Waals surface area contributed by atoms with Gasteiger partial charge in [0.2, 0.25) is 11.8 Å². The number of carbonyl (C=O) groups excluding carboxylic acids is 2. The molecule has 1 saturated heterocycles. The fraction of sp³-hybridized carbons (Fsp3) is 0.296. The Morgan fingerprint density at radius 2 is 1.63 bits per heavy atom. The van der Waals surface area contributed by atoms with Gasteiger partial charge in [-0.25, -0.2) is 14.3 Å². The molecule has 4 aromatic rings. The first-order valence-electron chi connectivity index (χ1n) is 12.0. The van der Waals surface area contributed by atoms with Crippen LogP contribution in [0.3, 0.4) is 0 Å². The average Bonchev–Trinajstić information content (AvgIpc) is 3.51. The standard InChI is InChI=1S/C27H27N5O6/c1-15-4-8-17(9-5-15)25(33)36-14-21-20(38-26(34)18-10-6-16(2)7-11-18)12-22(37-21)32-23-19(13-29-32)24(35-3)31-27(28)30-23/h4-11,13,20-22H,12,14H2,1-3H3,(H2,28,30,31)/t20-,21+,22+/m0/s1. The molecule has 1 fully saturated rings. The average molecular weight is 518 g/mol. The lowest BCUT2D eigenvalue weighted by atomic mass is 10.1. The van der Waals surface area contributed by atoms with Gasteiger partial charge in [0.1, 0.15) is 24.2 Å². The highest BCUT2D eigenvalue weighted by molar-refractivity contribution is 5.90. The molecule has 2 aromatic heterocycles. The second-order valence-electron chi connectivity index (χ2n) is 9.06. The van der Waals surface area contributed by atoms with Crippen LogP contribution in [0.1, 0.15) is 44.5 Å². The second-order valence-corrected chi connectivity index (χ2v) is 9.06. The number of fused-ring (bicyclic) bond motifs is 1. The molecule has 0 saturated carbocycles. The number of nitrogens with two attached hydrogens (primary N) is 1. The lowest BCUT2D eigenvalue weighted by molar-refractivity contribution is -0.0590. The maximum Gasteiger partial charge on any atom is 0.338 e. The normalized spacial score (nSPS) is 18.9. The largest absolute Gasteiger partial charge is 0.480 e. The van der Waals surface area contributed by atoms with Crippen molar-refractivity contribution in [3.05, 3.63) is 77.0 Å². The molecule has 0 aliphatic carbocycles. The molecule has 0 amide bonds. The summed E-state index contributed by atoms with van der Waals surface area (Å²) in [5, 5.41) is 4.95. The molecule has 0 bridgehead atoms. The van der Waals surface area contributed by atoms with E-state index in [1.165, 1.54) is 11.8 Å². The molecule has 0 unspecified atom stereocenters. The van der Waals surface area contributed by atoms with Crippen molar-refractivity contribution in [3.8, 4) is 5.88 Å². The van der Waals surface area contributed by atoms with Crippen LogP contribution in [0, 0.1) is 13.8 Å². The van der Waals surface area contributed by atoms with Crippen molar-refractivity contribution in [1.29, 1.82) is 0 Å². The highest BCUT2D eigenvalue weighted by Crippen LogP contribution is 2.34. The Labute approximate surface area is 218 Å². The van der Waals surface area contributed by atoms with Crippen molar-refractivity contribution in [1.82, 2.24) is 19.7 Å². The van der Waals surface area contributed by atoms with Gasteiger partial charge in [-0.3, -0.25) is 0 Å². The smallest absolute Gasteiger partial charge is 0.338 e. The minimum absolute atomic E-state index is 0.0139. The van der Waals surface area contributed by atoms with Crippen LogP contribution in [0.4, 0.5) is 5.95 Å². The van der Waals surface area contributed by atoms with Crippen molar-refractivity contribution in [2.45, 2.75) is 38.7 Å². The molecule has 11 nitrogen and oxygen atoms in total. The molecule has 1 aliphatic heterocycles. The van der Waals surface area contributed by atoms with E-state index in [1.54, 1.807) is 30.5 Å². The van der Waals surface area contributed by atoms with Gasteiger partial charge < -0.3 is 24.7 Å². The van der Waals surface area contributed by atoms with Gasteiger partial charge in [-0.2, -0.15) is 15.1 Å². The third-order valence-electron chi connectivity index (χ3n) is 6.29. The van der Waals surface area contributed by atoms with Crippen molar-refractivity contribution >= 4 is 28.9 Å². The number of nitrogens with zero attached hydrogens (tertiary/aromatic N) is 4. The van der Waals surface area contributed by atoms with Crippen molar-refractivity contribution < 1.29 is 28.5 Å². The minimum atomic E-state index is -0.746. The van der Waals surface area contributed by atoms with Crippen LogP contribution in [0.5, 0.6) is 5.88 Å². The number of rotatable bonds is 7. The van der Waals surface area contributed by atoms with E-state index in [-0.39, 0.29) is 24.9 Å². The van der Waals surface area contributed by atoms with E-state index < -0.39 is 30.4 Å². The number of carbonyl (C=O) groups is 2. The summed E-state index contributed by atoms with van der Waals surface area (Å²) >= 11 is 0. The summed E-state index contributed by atoms with van der Waals surface area (Å²) in [4.78, 5) is 33.9. The van der Waals surface area contributed by atoms with Crippen LogP contribution >= 0.6 is 0 Å². The van der Waals surface area contributed by atoms with E-state index in [0.717, 1.165) is 11.1 Å². The summed E-state index contributed by atoms with van der Waals surface area (Å²) in [7, 11) is 1.48. The van der Waals surface area contributed by atoms with Crippen LogP contribution < -0.4 is 10.5 Å². The third kappa shape index (κ3) is 5.14. The summed E-state index contributed by atoms with van der Waals surface area (Å²) in [6, 6.07) is 14.1. The Morgan fingerprint density at radius 1 is 1.00 bits per heavy atom. The van der Waals surface area contributed by atoms with Crippen LogP contribution in [-0.2, 0) is 14.2 Å². The van der Waals surface area contributed by atoms with Gasteiger partial charge in [0.25, 0.3) is 0 Å². The zero-order chi connectivity index (χ0) is 26.8. The van der Waals surface area contributed by atoms with Gasteiger partial charge in [-0.1, -0.05) is 35.4 Å². The molecule has 2 N–H and O–H groups in total. The Balaban J connectivity index is 1.38. The zero-order valence-electron chi connectivity index (χ0n) is 21.2. The van der Waals surface area contributed by atoms with Gasteiger partial charge >= 0.3 is 11.9 Å². The minimum Gasteiger partial charge on any atom is -0.480 e. The predicted octanol–water partition coefficient (Wildman–Crippen LogP) is 3.40. The Kier molecular flexibility index (Phi) is 6.93. The van der Waals surface area contributed by atoms with Crippen LogP contribution in [0.15, 0.2) is 54.7 Å². The topological polar surface area (TPSA) is 141 Å². The number of ether oxygens (including phenoxy) is 4. The highest BCUT2D eigenvalue weighted by atomic mass is 16.6. The summed E-state index contributed by atoms with van der Waals surface area (Å²) in [5.74, 6) is -0.717. The van der Waals surface area contributed by atoms with Crippen LogP contribution in [-0.4, -0.2) is 57.6 Å². The maximum absolute atomic E-state index is 12.9. The van der Waals surface area contributed by atoms with Crippen molar-refractivity contribution in [2.24, 2.45) is 0 Å². The van der Waals surface area contributed by atoms with E-state index in [2.05, 4.69) is 15.1 Å². The Bertz CT molecular complexity index is 1470. The molecule has 196 valence electrons. The molecule has 5 rings (SSSR count). The van der Waals surface area contributed by atoms with Gasteiger partial charge in [-0.15, -0.1) is 0 Å². The molecular formula is C27H27N5O6. The summed E-state index contributed by atoms with van der Waals surface area (Å²) < 4.78 is 24.4. The van der Waals surface area contributed by atoms with E-state index in [0.29, 0.717) is 22.2 Å². The molecular weight excluding hydrogens is 490 g/mol. The first kappa shape index (κ1) is 25.2. The van der Waals surface area contributed by atoms with E-state index in [4.69, 9.17) is 24.7 Å². The van der Waals surface area contributed by atoms with E-state index in [1.807, 2.05) is 38.1 Å². The van der Waals surface area contributed by atoms with Crippen LogP contribution in [0.25, 0.3) is 11.0 Å². The lowest BCUT2D eigenvalue weighted by Crippen LogP contribution is -2.32. The lowest BCUT2D eigenvalue weighted by Gasteiger charge is -2.19. The number of benzene rings is 2. The highest BCUT2D eigenvalue weighted by Gasteiger charge is 2.41. The molecule has 0 spiro atoms. The number of methoxy groups -OCH3 is 1. The first-order chi connectivity index (χ1) is 18.3. The number of aryl methyl sites for hydroxylation is 2.